The minimum atomic E-state index is -0.237. The fraction of sp³-hybridized carbons (Fsp3) is 0.286. The number of benzene rings is 1. The highest BCUT2D eigenvalue weighted by molar-refractivity contribution is 6.35. The second-order valence-electron chi connectivity index (χ2n) is 4.08. The number of nitrogens with zero attached hydrogens (tertiary/aromatic N) is 1. The summed E-state index contributed by atoms with van der Waals surface area (Å²) in [7, 11) is 3.15. The highest BCUT2D eigenvalue weighted by atomic mass is 35.5. The Hall–Kier alpha value is -1.85. The van der Waals surface area contributed by atoms with Crippen LogP contribution in [-0.4, -0.2) is 38.3 Å². The van der Waals surface area contributed by atoms with Crippen molar-refractivity contribution in [3.05, 3.63) is 35.0 Å². The molecule has 0 fully saturated rings. The molecule has 0 unspecified atom stereocenters. The molecule has 0 saturated heterocycles. The molecular formula is C14H15ClN2O3. The van der Waals surface area contributed by atoms with Gasteiger partial charge in [-0.2, -0.15) is 0 Å². The van der Waals surface area contributed by atoms with Crippen molar-refractivity contribution in [1.29, 1.82) is 0 Å². The minimum Gasteiger partial charge on any atom is -0.490 e. The predicted molar refractivity (Wildman–Crippen MR) is 77.5 cm³/mol. The van der Waals surface area contributed by atoms with Crippen LogP contribution in [0.3, 0.4) is 0 Å². The molecule has 0 aliphatic heterocycles. The lowest BCUT2D eigenvalue weighted by molar-refractivity contribution is 0.0955. The highest BCUT2D eigenvalue weighted by Crippen LogP contribution is 2.29. The highest BCUT2D eigenvalue weighted by Gasteiger charge is 2.14. The molecule has 0 aliphatic rings. The number of carbonyl (C=O) groups is 1. The van der Waals surface area contributed by atoms with Crippen LogP contribution in [0, 0.1) is 0 Å². The van der Waals surface area contributed by atoms with E-state index in [4.69, 9.17) is 21.1 Å². The summed E-state index contributed by atoms with van der Waals surface area (Å²) in [6.07, 6.45) is 1.61. The number of aromatic nitrogens is 1. The first-order valence-electron chi connectivity index (χ1n) is 6.09. The first kappa shape index (κ1) is 14.6. The topological polar surface area (TPSA) is 60.5 Å². The van der Waals surface area contributed by atoms with Crippen molar-refractivity contribution < 1.29 is 14.3 Å². The van der Waals surface area contributed by atoms with Gasteiger partial charge in [-0.15, -0.1) is 0 Å². The molecule has 1 heterocycles. The molecule has 0 aliphatic carbocycles. The minimum absolute atomic E-state index is 0.237. The summed E-state index contributed by atoms with van der Waals surface area (Å²) in [4.78, 5) is 16.2. The van der Waals surface area contributed by atoms with E-state index in [2.05, 4.69) is 10.3 Å². The van der Waals surface area contributed by atoms with E-state index in [-0.39, 0.29) is 5.91 Å². The predicted octanol–water partition coefficient (Wildman–Crippen LogP) is 2.27. The number of pyridine rings is 1. The van der Waals surface area contributed by atoms with Gasteiger partial charge in [-0.3, -0.25) is 9.78 Å². The molecule has 1 N–H and O–H groups in total. The fourth-order valence-corrected chi connectivity index (χ4v) is 2.01. The molecule has 5 nitrogen and oxygen atoms in total. The van der Waals surface area contributed by atoms with Gasteiger partial charge in [0.1, 0.15) is 12.4 Å². The standard InChI is InChI=1S/C14H15ClN2O3/c1-16-14(18)10-7-9-11(15)3-4-17-12(9)8-13(10)20-6-5-19-2/h3-4,7-8H,5-6H2,1-2H3,(H,16,18). The van der Waals surface area contributed by atoms with E-state index >= 15 is 0 Å². The van der Waals surface area contributed by atoms with Crippen LogP contribution in [0.2, 0.25) is 5.02 Å². The second kappa shape index (κ2) is 6.54. The Bertz CT molecular complexity index is 631. The van der Waals surface area contributed by atoms with Crippen molar-refractivity contribution in [3.63, 3.8) is 0 Å². The first-order chi connectivity index (χ1) is 9.67. The number of fused-ring (bicyclic) bond motifs is 1. The zero-order valence-corrected chi connectivity index (χ0v) is 12.0. The molecule has 0 saturated carbocycles. The summed E-state index contributed by atoms with van der Waals surface area (Å²) < 4.78 is 10.5. The van der Waals surface area contributed by atoms with Crippen LogP contribution in [0.25, 0.3) is 10.9 Å². The van der Waals surface area contributed by atoms with Gasteiger partial charge in [0.15, 0.2) is 0 Å². The lowest BCUT2D eigenvalue weighted by Crippen LogP contribution is -2.19. The summed E-state index contributed by atoms with van der Waals surface area (Å²) in [5.74, 6) is 0.225. The van der Waals surface area contributed by atoms with Crippen LogP contribution >= 0.6 is 11.6 Å². The summed E-state index contributed by atoms with van der Waals surface area (Å²) >= 11 is 6.12. The number of rotatable bonds is 5. The van der Waals surface area contributed by atoms with E-state index in [9.17, 15) is 4.79 Å². The molecule has 1 aromatic carbocycles. The molecule has 2 aromatic rings. The third-order valence-electron chi connectivity index (χ3n) is 2.81. The average Bonchev–Trinajstić information content (AvgIpc) is 2.46. The molecule has 0 radical (unpaired) electrons. The van der Waals surface area contributed by atoms with Crippen molar-refractivity contribution >= 4 is 28.4 Å². The number of nitrogens with one attached hydrogen (secondary N) is 1. The van der Waals surface area contributed by atoms with Gasteiger partial charge < -0.3 is 14.8 Å². The number of hydrogen-bond acceptors (Lipinski definition) is 4. The monoisotopic (exact) mass is 294 g/mol. The molecule has 0 spiro atoms. The average molecular weight is 295 g/mol. The zero-order valence-electron chi connectivity index (χ0n) is 11.3. The van der Waals surface area contributed by atoms with E-state index in [1.54, 1.807) is 38.6 Å². The van der Waals surface area contributed by atoms with Crippen LogP contribution in [-0.2, 0) is 4.74 Å². The molecule has 0 bridgehead atoms. The lowest BCUT2D eigenvalue weighted by atomic mass is 10.1. The van der Waals surface area contributed by atoms with Crippen LogP contribution < -0.4 is 10.1 Å². The Morgan fingerprint density at radius 3 is 2.90 bits per heavy atom. The summed E-state index contributed by atoms with van der Waals surface area (Å²) in [5, 5.41) is 3.84. The normalized spacial score (nSPS) is 10.6. The van der Waals surface area contributed by atoms with E-state index in [1.165, 1.54) is 0 Å². The van der Waals surface area contributed by atoms with Crippen molar-refractivity contribution in [3.8, 4) is 5.75 Å². The maximum absolute atomic E-state index is 11.9. The smallest absolute Gasteiger partial charge is 0.254 e. The summed E-state index contributed by atoms with van der Waals surface area (Å²) in [5.41, 5.74) is 1.10. The molecule has 1 amide bonds. The van der Waals surface area contributed by atoms with Gasteiger partial charge in [0.25, 0.3) is 5.91 Å². The summed E-state index contributed by atoms with van der Waals surface area (Å²) in [6.45, 7) is 0.792. The Kier molecular flexibility index (Phi) is 4.76. The second-order valence-corrected chi connectivity index (χ2v) is 4.49. The number of carbonyl (C=O) groups excluding carboxylic acids is 1. The summed E-state index contributed by atoms with van der Waals surface area (Å²) in [6, 6.07) is 5.08. The SMILES string of the molecule is CNC(=O)c1cc2c(Cl)ccnc2cc1OCCOC. The molecule has 2 rings (SSSR count). The van der Waals surface area contributed by atoms with E-state index in [1.807, 2.05) is 0 Å². The third kappa shape index (κ3) is 3.00. The van der Waals surface area contributed by atoms with Crippen molar-refractivity contribution in [1.82, 2.24) is 10.3 Å². The van der Waals surface area contributed by atoms with Crippen LogP contribution in [0.1, 0.15) is 10.4 Å². The largest absolute Gasteiger partial charge is 0.490 e. The Labute approximate surface area is 121 Å². The van der Waals surface area contributed by atoms with Gasteiger partial charge in [0.05, 0.1) is 22.7 Å². The zero-order chi connectivity index (χ0) is 14.5. The van der Waals surface area contributed by atoms with Crippen LogP contribution in [0.5, 0.6) is 5.75 Å². The number of hydrogen-bond donors (Lipinski definition) is 1. The van der Waals surface area contributed by atoms with E-state index in [0.29, 0.717) is 40.5 Å². The fourth-order valence-electron chi connectivity index (χ4n) is 1.81. The van der Waals surface area contributed by atoms with Crippen LogP contribution in [0.15, 0.2) is 24.4 Å². The number of ether oxygens (including phenoxy) is 2. The van der Waals surface area contributed by atoms with Gasteiger partial charge >= 0.3 is 0 Å². The van der Waals surface area contributed by atoms with Crippen LogP contribution in [0.4, 0.5) is 0 Å². The van der Waals surface area contributed by atoms with Crippen molar-refractivity contribution in [2.45, 2.75) is 0 Å². The van der Waals surface area contributed by atoms with Gasteiger partial charge in [-0.25, -0.2) is 0 Å². The Morgan fingerprint density at radius 2 is 2.20 bits per heavy atom. The molecule has 106 valence electrons. The van der Waals surface area contributed by atoms with Crippen molar-refractivity contribution in [2.24, 2.45) is 0 Å². The van der Waals surface area contributed by atoms with Gasteiger partial charge in [-0.1, -0.05) is 11.6 Å². The number of methoxy groups -OCH3 is 1. The first-order valence-corrected chi connectivity index (χ1v) is 6.47. The molecule has 6 heteroatoms. The molecule has 0 atom stereocenters. The maximum atomic E-state index is 11.9. The third-order valence-corrected chi connectivity index (χ3v) is 3.14. The Balaban J connectivity index is 2.49. The van der Waals surface area contributed by atoms with E-state index in [0.717, 1.165) is 0 Å². The number of amides is 1. The maximum Gasteiger partial charge on any atom is 0.254 e. The Morgan fingerprint density at radius 1 is 1.40 bits per heavy atom. The van der Waals surface area contributed by atoms with Gasteiger partial charge in [0, 0.05) is 31.8 Å². The van der Waals surface area contributed by atoms with Crippen molar-refractivity contribution in [2.75, 3.05) is 27.4 Å². The quantitative estimate of drug-likeness (QED) is 0.860. The van der Waals surface area contributed by atoms with E-state index < -0.39 is 0 Å². The molecular weight excluding hydrogens is 280 g/mol. The van der Waals surface area contributed by atoms with Gasteiger partial charge in [-0.05, 0) is 12.1 Å². The molecule has 1 aromatic heterocycles. The number of halogens is 1. The lowest BCUT2D eigenvalue weighted by Gasteiger charge is -2.12. The molecule has 20 heavy (non-hydrogen) atoms. The van der Waals surface area contributed by atoms with Gasteiger partial charge in [0.2, 0.25) is 0 Å².